The average Bonchev–Trinajstić information content (AvgIpc) is 3.29. The molecule has 2 saturated heterocycles. The highest BCUT2D eigenvalue weighted by Crippen LogP contribution is 2.46. The molecule has 9 nitrogen and oxygen atoms in total. The third-order valence-electron chi connectivity index (χ3n) is 6.30. The monoisotopic (exact) mass is 448 g/mol. The second kappa shape index (κ2) is 10.3. The van der Waals surface area contributed by atoms with Crippen molar-refractivity contribution in [1.82, 2.24) is 9.80 Å². The molecule has 5 atom stereocenters. The molecule has 2 fully saturated rings. The lowest BCUT2D eigenvalue weighted by molar-refractivity contribution is -0.162. The largest absolute Gasteiger partial charge is 0.457 e. The van der Waals surface area contributed by atoms with Gasteiger partial charge in [-0.05, 0) is 37.7 Å². The lowest BCUT2D eigenvalue weighted by atomic mass is 9.82. The molecule has 0 bridgehead atoms. The van der Waals surface area contributed by atoms with Crippen LogP contribution >= 0.6 is 0 Å². The quantitative estimate of drug-likeness (QED) is 0.308. The summed E-state index contributed by atoms with van der Waals surface area (Å²) in [6.07, 6.45) is 3.51. The predicted octanol–water partition coefficient (Wildman–Crippen LogP) is 1.63. The minimum absolute atomic E-state index is 0.0460. The molecule has 0 aromatic heterocycles. The van der Waals surface area contributed by atoms with Gasteiger partial charge < -0.3 is 29.1 Å². The van der Waals surface area contributed by atoms with E-state index in [1.54, 1.807) is 18.9 Å². The van der Waals surface area contributed by atoms with Gasteiger partial charge in [0.25, 0.3) is 0 Å². The van der Waals surface area contributed by atoms with Crippen molar-refractivity contribution in [2.45, 2.75) is 44.4 Å². The molecule has 0 aromatic rings. The molecule has 3 rings (SSSR count). The number of β-lactam (4-membered cyclic amide) rings is 1. The van der Waals surface area contributed by atoms with Crippen LogP contribution in [0.3, 0.4) is 0 Å². The van der Waals surface area contributed by atoms with Crippen molar-refractivity contribution >= 4 is 18.0 Å². The number of amides is 2. The molecule has 3 aliphatic heterocycles. The summed E-state index contributed by atoms with van der Waals surface area (Å²) in [6, 6.07) is -0.377. The van der Waals surface area contributed by atoms with Gasteiger partial charge in [0.15, 0.2) is 0 Å². The zero-order valence-electron chi connectivity index (χ0n) is 18.7. The van der Waals surface area contributed by atoms with Crippen molar-refractivity contribution in [1.29, 1.82) is 0 Å². The normalized spacial score (nSPS) is 27.7. The summed E-state index contributed by atoms with van der Waals surface area (Å²) in [4.78, 5) is 41.0. The van der Waals surface area contributed by atoms with Crippen LogP contribution < -0.4 is 0 Å². The van der Waals surface area contributed by atoms with E-state index in [9.17, 15) is 19.5 Å². The van der Waals surface area contributed by atoms with Crippen molar-refractivity contribution < 1.29 is 33.7 Å². The molecule has 2 amide bonds. The number of carbonyl (C=O) groups excluding carboxylic acids is 3. The molecule has 1 unspecified atom stereocenters. The maximum Gasteiger partial charge on any atom is 0.410 e. The minimum atomic E-state index is -0.791. The highest BCUT2D eigenvalue weighted by molar-refractivity contribution is 6.00. The smallest absolute Gasteiger partial charge is 0.410 e. The van der Waals surface area contributed by atoms with Crippen LogP contribution in [0.2, 0.25) is 0 Å². The first-order valence-corrected chi connectivity index (χ1v) is 10.9. The van der Waals surface area contributed by atoms with Crippen LogP contribution in [-0.4, -0.2) is 84.5 Å². The Morgan fingerprint density at radius 1 is 1.25 bits per heavy atom. The summed E-state index contributed by atoms with van der Waals surface area (Å²) in [6.45, 7) is 9.72. The third-order valence-corrected chi connectivity index (χ3v) is 6.30. The predicted molar refractivity (Wildman–Crippen MR) is 115 cm³/mol. The number of rotatable bonds is 10. The highest BCUT2D eigenvalue weighted by atomic mass is 16.6. The number of likely N-dealkylation sites (tertiary alicyclic amines) is 1. The summed E-state index contributed by atoms with van der Waals surface area (Å²) in [5.41, 5.74) is 1.10. The number of nitrogens with zero attached hydrogens (tertiary/aromatic N) is 2. The minimum Gasteiger partial charge on any atom is -0.457 e. The summed E-state index contributed by atoms with van der Waals surface area (Å²) in [5, 5.41) is 10.0. The molecule has 3 heterocycles. The summed E-state index contributed by atoms with van der Waals surface area (Å²) >= 11 is 0. The van der Waals surface area contributed by atoms with Crippen LogP contribution in [0.5, 0.6) is 0 Å². The van der Waals surface area contributed by atoms with Gasteiger partial charge in [-0.3, -0.25) is 4.79 Å². The van der Waals surface area contributed by atoms with E-state index in [1.165, 1.54) is 17.1 Å². The number of fused-ring (bicyclic) bond motifs is 1. The van der Waals surface area contributed by atoms with E-state index < -0.39 is 24.1 Å². The van der Waals surface area contributed by atoms with Gasteiger partial charge >= 0.3 is 12.1 Å². The maximum absolute atomic E-state index is 12.8. The fourth-order valence-electron chi connectivity index (χ4n) is 5.03. The third kappa shape index (κ3) is 4.59. The fraction of sp³-hybridized carbons (Fsp3) is 0.609. The van der Waals surface area contributed by atoms with Crippen LogP contribution in [0.25, 0.3) is 0 Å². The van der Waals surface area contributed by atoms with E-state index in [-0.39, 0.29) is 42.8 Å². The average molecular weight is 449 g/mol. The van der Waals surface area contributed by atoms with E-state index in [0.29, 0.717) is 32.4 Å². The Balaban J connectivity index is 1.78. The van der Waals surface area contributed by atoms with Crippen molar-refractivity contribution in [2.75, 3.05) is 33.5 Å². The van der Waals surface area contributed by atoms with Crippen LogP contribution in [-0.2, 0) is 23.8 Å². The number of hydrogen-bond donors (Lipinski definition) is 1. The van der Waals surface area contributed by atoms with Gasteiger partial charge in [-0.1, -0.05) is 25.3 Å². The Hall–Kier alpha value is -2.65. The van der Waals surface area contributed by atoms with Gasteiger partial charge in [0.2, 0.25) is 5.91 Å². The highest BCUT2D eigenvalue weighted by Gasteiger charge is 2.57. The Morgan fingerprint density at radius 2 is 1.94 bits per heavy atom. The molecule has 1 N–H and O–H groups in total. The fourth-order valence-corrected chi connectivity index (χ4v) is 5.03. The topological polar surface area (TPSA) is 106 Å². The molecule has 9 heteroatoms. The molecule has 176 valence electrons. The van der Waals surface area contributed by atoms with E-state index in [4.69, 9.17) is 14.2 Å². The van der Waals surface area contributed by atoms with Gasteiger partial charge in [-0.15, -0.1) is 0 Å². The Bertz CT molecular complexity index is 806. The summed E-state index contributed by atoms with van der Waals surface area (Å²) in [7, 11) is 1.58. The van der Waals surface area contributed by atoms with Gasteiger partial charge in [0.1, 0.15) is 18.9 Å². The maximum atomic E-state index is 12.8. The molecular weight excluding hydrogens is 416 g/mol. The standard InChI is InChI=1S/C23H32N2O7/c1-5-7-31-22(28)20-16(11-18-19(14(3)26)21(27)25(18)20)9-15-10-17(13-30-4)24(12-15)23(29)32-8-6-2/h5-6,14-15,17-19,26H,1-2,7-13H2,3-4H3/t14-,15?,17+,18-,19-/m1/s1. The Morgan fingerprint density at radius 3 is 2.56 bits per heavy atom. The molecule has 0 saturated carbocycles. The van der Waals surface area contributed by atoms with Crippen LogP contribution in [0, 0.1) is 11.8 Å². The zero-order chi connectivity index (χ0) is 23.4. The van der Waals surface area contributed by atoms with Crippen molar-refractivity contribution in [3.63, 3.8) is 0 Å². The van der Waals surface area contributed by atoms with Gasteiger partial charge in [0, 0.05) is 13.7 Å². The molecule has 0 aromatic carbocycles. The number of esters is 1. The van der Waals surface area contributed by atoms with Crippen LogP contribution in [0.4, 0.5) is 4.79 Å². The number of carbonyl (C=O) groups is 3. The number of methoxy groups -OCH3 is 1. The van der Waals surface area contributed by atoms with Gasteiger partial charge in [0.05, 0.1) is 30.7 Å². The van der Waals surface area contributed by atoms with Gasteiger partial charge in [-0.25, -0.2) is 9.59 Å². The Kier molecular flexibility index (Phi) is 7.73. The number of hydrogen-bond acceptors (Lipinski definition) is 7. The lowest BCUT2D eigenvalue weighted by Crippen LogP contribution is -2.61. The van der Waals surface area contributed by atoms with E-state index in [2.05, 4.69) is 13.2 Å². The van der Waals surface area contributed by atoms with E-state index >= 15 is 0 Å². The van der Waals surface area contributed by atoms with Crippen LogP contribution in [0.15, 0.2) is 36.6 Å². The molecule has 0 radical (unpaired) electrons. The second-order valence-corrected chi connectivity index (χ2v) is 8.52. The zero-order valence-corrected chi connectivity index (χ0v) is 18.7. The first-order valence-electron chi connectivity index (χ1n) is 10.9. The summed E-state index contributed by atoms with van der Waals surface area (Å²) in [5.74, 6) is -1.27. The first-order chi connectivity index (χ1) is 15.3. The number of aliphatic hydroxyl groups excluding tert-OH is 1. The molecular formula is C23H32N2O7. The summed E-state index contributed by atoms with van der Waals surface area (Å²) < 4.78 is 15.7. The molecule has 0 spiro atoms. The van der Waals surface area contributed by atoms with E-state index in [1.807, 2.05) is 0 Å². The molecule has 0 aliphatic carbocycles. The first kappa shape index (κ1) is 24.0. The molecule has 3 aliphatic rings. The van der Waals surface area contributed by atoms with Crippen LogP contribution in [0.1, 0.15) is 26.2 Å². The SMILES string of the molecule is C=CCOC(=O)C1=C(CC2C[C@@H](COC)N(C(=O)OCC=C)C2)C[C@@H]2[C@@H]([C@@H](C)O)C(=O)N12. The van der Waals surface area contributed by atoms with Crippen molar-refractivity contribution in [3.8, 4) is 0 Å². The second-order valence-electron chi connectivity index (χ2n) is 8.52. The van der Waals surface area contributed by atoms with E-state index in [0.717, 1.165) is 5.57 Å². The van der Waals surface area contributed by atoms with Gasteiger partial charge in [-0.2, -0.15) is 0 Å². The lowest BCUT2D eigenvalue weighted by Gasteiger charge is -2.44. The van der Waals surface area contributed by atoms with Crippen molar-refractivity contribution in [3.05, 3.63) is 36.6 Å². The Labute approximate surface area is 188 Å². The number of aliphatic hydroxyl groups is 1. The number of ether oxygens (including phenoxy) is 3. The van der Waals surface area contributed by atoms with Crippen molar-refractivity contribution in [2.24, 2.45) is 11.8 Å². The molecule has 32 heavy (non-hydrogen) atoms.